The van der Waals surface area contributed by atoms with E-state index in [0.717, 1.165) is 4.90 Å². The molecule has 3 amide bonds. The Balaban J connectivity index is 1.95. The third-order valence-electron chi connectivity index (χ3n) is 3.43. The minimum atomic E-state index is -0.340. The van der Waals surface area contributed by atoms with E-state index in [0.29, 0.717) is 35.5 Å². The lowest BCUT2D eigenvalue weighted by atomic mass is 10.1. The molecule has 0 radical (unpaired) electrons. The van der Waals surface area contributed by atoms with Crippen LogP contribution < -0.4 is 4.90 Å². The number of benzene rings is 1. The molecule has 1 atom stereocenters. The Morgan fingerprint density at radius 1 is 1.15 bits per heavy atom. The van der Waals surface area contributed by atoms with Crippen LogP contribution in [0.4, 0.5) is 10.5 Å². The van der Waals surface area contributed by atoms with E-state index in [1.807, 2.05) is 0 Å². The van der Waals surface area contributed by atoms with Crippen molar-refractivity contribution in [1.82, 2.24) is 4.90 Å². The molecule has 7 heteroatoms. The summed E-state index contributed by atoms with van der Waals surface area (Å²) in [6, 6.07) is 4.17. The Kier molecular flexibility index (Phi) is 3.58. The van der Waals surface area contributed by atoms with Crippen molar-refractivity contribution in [3.8, 4) is 0 Å². The van der Waals surface area contributed by atoms with E-state index in [1.54, 1.807) is 23.1 Å². The molecule has 0 saturated carbocycles. The Bertz CT molecular complexity index is 558. The maximum atomic E-state index is 12.5. The maximum Gasteiger partial charge on any atom is 0.331 e. The molecule has 2 aliphatic rings. The normalized spacial score (nSPS) is 23.0. The molecule has 0 spiro atoms. The average Bonchev–Trinajstić information content (AvgIpc) is 2.37. The van der Waals surface area contributed by atoms with Crippen LogP contribution in [0.1, 0.15) is 6.42 Å². The number of morpholine rings is 1. The van der Waals surface area contributed by atoms with Crippen molar-refractivity contribution in [1.29, 1.82) is 0 Å². The third kappa shape index (κ3) is 2.37. The van der Waals surface area contributed by atoms with Gasteiger partial charge in [0, 0.05) is 16.6 Å². The zero-order valence-corrected chi connectivity index (χ0v) is 12.0. The SMILES string of the molecule is O=C1CC2COCCN2C(=O)N1c1cc(Cl)cc(Cl)c1. The molecule has 2 saturated heterocycles. The van der Waals surface area contributed by atoms with Crippen LogP contribution in [-0.4, -0.2) is 42.6 Å². The van der Waals surface area contributed by atoms with Gasteiger partial charge < -0.3 is 9.64 Å². The number of ether oxygens (including phenoxy) is 1. The van der Waals surface area contributed by atoms with Gasteiger partial charge in [0.2, 0.25) is 5.91 Å². The highest BCUT2D eigenvalue weighted by Gasteiger charge is 2.41. The number of amides is 3. The van der Waals surface area contributed by atoms with Crippen LogP contribution in [0.15, 0.2) is 18.2 Å². The highest BCUT2D eigenvalue weighted by Crippen LogP contribution is 2.30. The minimum absolute atomic E-state index is 0.172. The second-order valence-corrected chi connectivity index (χ2v) is 5.64. The largest absolute Gasteiger partial charge is 0.377 e. The highest BCUT2D eigenvalue weighted by atomic mass is 35.5. The van der Waals surface area contributed by atoms with Gasteiger partial charge in [-0.1, -0.05) is 23.2 Å². The van der Waals surface area contributed by atoms with Gasteiger partial charge in [0.25, 0.3) is 0 Å². The summed E-state index contributed by atoms with van der Waals surface area (Å²) in [5, 5.41) is 0.773. The fourth-order valence-electron chi connectivity index (χ4n) is 2.53. The first-order valence-electron chi connectivity index (χ1n) is 6.23. The molecule has 2 heterocycles. The number of carbonyl (C=O) groups excluding carboxylic acids is 2. The number of rotatable bonds is 1. The van der Waals surface area contributed by atoms with Crippen molar-refractivity contribution in [2.75, 3.05) is 24.7 Å². The van der Waals surface area contributed by atoms with Crippen LogP contribution in [0.2, 0.25) is 10.0 Å². The van der Waals surface area contributed by atoms with Gasteiger partial charge in [0.05, 0.1) is 31.4 Å². The zero-order chi connectivity index (χ0) is 14.3. The topological polar surface area (TPSA) is 49.9 Å². The van der Waals surface area contributed by atoms with Crippen molar-refractivity contribution in [2.24, 2.45) is 0 Å². The number of urea groups is 1. The van der Waals surface area contributed by atoms with Crippen LogP contribution in [0, 0.1) is 0 Å². The molecule has 20 heavy (non-hydrogen) atoms. The van der Waals surface area contributed by atoms with Gasteiger partial charge in [-0.05, 0) is 18.2 Å². The lowest BCUT2D eigenvalue weighted by Crippen LogP contribution is -2.61. The number of hydrogen-bond donors (Lipinski definition) is 0. The summed E-state index contributed by atoms with van der Waals surface area (Å²) < 4.78 is 5.31. The lowest BCUT2D eigenvalue weighted by Gasteiger charge is -2.42. The second-order valence-electron chi connectivity index (χ2n) is 4.77. The van der Waals surface area contributed by atoms with E-state index in [2.05, 4.69) is 0 Å². The average molecular weight is 315 g/mol. The lowest BCUT2D eigenvalue weighted by molar-refractivity contribution is -0.122. The molecule has 0 N–H and O–H groups in total. The van der Waals surface area contributed by atoms with E-state index >= 15 is 0 Å². The van der Waals surface area contributed by atoms with Crippen molar-refractivity contribution >= 4 is 40.8 Å². The van der Waals surface area contributed by atoms with Crippen molar-refractivity contribution < 1.29 is 14.3 Å². The van der Waals surface area contributed by atoms with Crippen molar-refractivity contribution in [2.45, 2.75) is 12.5 Å². The molecule has 0 bridgehead atoms. The number of halogens is 2. The summed E-state index contributed by atoms with van der Waals surface area (Å²) in [5.41, 5.74) is 0.405. The summed E-state index contributed by atoms with van der Waals surface area (Å²) in [6.45, 7) is 1.38. The van der Waals surface area contributed by atoms with Gasteiger partial charge in [-0.2, -0.15) is 0 Å². The monoisotopic (exact) mass is 314 g/mol. The molecule has 0 aromatic heterocycles. The number of hydrogen-bond acceptors (Lipinski definition) is 3. The Morgan fingerprint density at radius 2 is 1.85 bits per heavy atom. The van der Waals surface area contributed by atoms with Gasteiger partial charge >= 0.3 is 6.03 Å². The highest BCUT2D eigenvalue weighted by molar-refractivity contribution is 6.35. The molecule has 1 aromatic carbocycles. The number of nitrogens with zero attached hydrogens (tertiary/aromatic N) is 2. The first-order chi connectivity index (χ1) is 9.56. The molecular formula is C13H12Cl2N2O3. The van der Waals surface area contributed by atoms with Crippen molar-refractivity contribution in [3.63, 3.8) is 0 Å². The van der Waals surface area contributed by atoms with Gasteiger partial charge in [-0.15, -0.1) is 0 Å². The van der Waals surface area contributed by atoms with Crippen LogP contribution in [0.5, 0.6) is 0 Å². The first kappa shape index (κ1) is 13.7. The Morgan fingerprint density at radius 3 is 2.55 bits per heavy atom. The predicted octanol–water partition coefficient (Wildman–Crippen LogP) is 2.55. The minimum Gasteiger partial charge on any atom is -0.377 e. The van der Waals surface area contributed by atoms with Gasteiger partial charge in [-0.3, -0.25) is 4.79 Å². The van der Waals surface area contributed by atoms with Crippen LogP contribution in [0.25, 0.3) is 0 Å². The molecule has 2 fully saturated rings. The van der Waals surface area contributed by atoms with Crippen molar-refractivity contribution in [3.05, 3.63) is 28.2 Å². The van der Waals surface area contributed by atoms with E-state index in [-0.39, 0.29) is 24.4 Å². The Hall–Kier alpha value is -1.30. The fourth-order valence-corrected chi connectivity index (χ4v) is 3.04. The molecule has 2 aliphatic heterocycles. The number of fused-ring (bicyclic) bond motifs is 1. The summed E-state index contributed by atoms with van der Waals surface area (Å²) in [5.74, 6) is -0.264. The summed E-state index contributed by atoms with van der Waals surface area (Å²) >= 11 is 11.9. The standard InChI is InChI=1S/C13H12Cl2N2O3/c14-8-3-9(15)5-10(4-8)17-12(18)6-11-7-20-2-1-16(11)13(17)19/h3-5,11H,1-2,6-7H2. The second kappa shape index (κ2) is 5.24. The summed E-state index contributed by atoms with van der Waals surface area (Å²) in [6.07, 6.45) is 0.246. The first-order valence-corrected chi connectivity index (χ1v) is 6.99. The molecule has 5 nitrogen and oxygen atoms in total. The van der Waals surface area contributed by atoms with Crippen LogP contribution in [-0.2, 0) is 9.53 Å². The third-order valence-corrected chi connectivity index (χ3v) is 3.87. The van der Waals surface area contributed by atoms with E-state index in [4.69, 9.17) is 27.9 Å². The smallest absolute Gasteiger partial charge is 0.331 e. The van der Waals surface area contributed by atoms with Crippen LogP contribution >= 0.6 is 23.2 Å². The molecular weight excluding hydrogens is 303 g/mol. The Labute approximate surface area is 126 Å². The molecule has 106 valence electrons. The van der Waals surface area contributed by atoms with Gasteiger partial charge in [-0.25, -0.2) is 9.69 Å². The quantitative estimate of drug-likeness (QED) is 0.800. The fraction of sp³-hybridized carbons (Fsp3) is 0.385. The number of imide groups is 1. The van der Waals surface area contributed by atoms with Crippen LogP contribution in [0.3, 0.4) is 0 Å². The summed E-state index contributed by atoms with van der Waals surface area (Å²) in [7, 11) is 0. The predicted molar refractivity (Wildman–Crippen MR) is 75.3 cm³/mol. The molecule has 3 rings (SSSR count). The summed E-state index contributed by atoms with van der Waals surface area (Å²) in [4.78, 5) is 27.5. The molecule has 0 aliphatic carbocycles. The molecule has 1 aromatic rings. The molecule has 1 unspecified atom stereocenters. The number of anilines is 1. The van der Waals surface area contributed by atoms with Gasteiger partial charge in [0.15, 0.2) is 0 Å². The maximum absolute atomic E-state index is 12.5. The van der Waals surface area contributed by atoms with Gasteiger partial charge in [0.1, 0.15) is 0 Å². The number of carbonyl (C=O) groups is 2. The zero-order valence-electron chi connectivity index (χ0n) is 10.5. The van der Waals surface area contributed by atoms with E-state index in [9.17, 15) is 9.59 Å². The van der Waals surface area contributed by atoms with E-state index < -0.39 is 0 Å². The van der Waals surface area contributed by atoms with E-state index in [1.165, 1.54) is 0 Å².